The van der Waals surface area contributed by atoms with Gasteiger partial charge in [0.15, 0.2) is 11.5 Å². The van der Waals surface area contributed by atoms with Gasteiger partial charge in [-0.3, -0.25) is 14.5 Å². The van der Waals surface area contributed by atoms with Crippen LogP contribution in [0.2, 0.25) is 0 Å². The van der Waals surface area contributed by atoms with Gasteiger partial charge in [-0.25, -0.2) is 4.39 Å². The van der Waals surface area contributed by atoms with Gasteiger partial charge in [-0.1, -0.05) is 32.0 Å². The van der Waals surface area contributed by atoms with Gasteiger partial charge in [0.05, 0.1) is 12.5 Å². The van der Waals surface area contributed by atoms with E-state index in [-0.39, 0.29) is 31.0 Å². The zero-order chi connectivity index (χ0) is 30.1. The van der Waals surface area contributed by atoms with E-state index in [9.17, 15) is 19.1 Å². The molecule has 3 aromatic carbocycles. The number of likely N-dealkylation sites (tertiary alicyclic amines) is 1. The molecule has 226 valence electrons. The number of rotatable bonds is 9. The normalized spacial score (nSPS) is 21.4. The Labute approximate surface area is 251 Å². The lowest BCUT2D eigenvalue weighted by molar-refractivity contribution is -0.143. The molecule has 0 aromatic heterocycles. The number of aliphatic carboxylic acids is 1. The zero-order valence-electron chi connectivity index (χ0n) is 24.6. The third-order valence-electron chi connectivity index (χ3n) is 9.05. The molecule has 3 aliphatic rings. The largest absolute Gasteiger partial charge is 0.481 e. The molecule has 6 rings (SSSR count). The van der Waals surface area contributed by atoms with E-state index in [1.165, 1.54) is 25.0 Å². The number of ether oxygens (including phenoxy) is 2. The first kappa shape index (κ1) is 29.0. The molecule has 1 amide bonds. The fourth-order valence-corrected chi connectivity index (χ4v) is 6.94. The monoisotopic (exact) mass is 587 g/mol. The minimum atomic E-state index is -0.917. The number of carboxylic acids is 1. The molecule has 3 heterocycles. The summed E-state index contributed by atoms with van der Waals surface area (Å²) in [6.07, 6.45) is 3.48. The number of nitrogens with zero attached hydrogens (tertiary/aromatic N) is 2. The van der Waals surface area contributed by atoms with Crippen molar-refractivity contribution >= 4 is 23.3 Å². The van der Waals surface area contributed by atoms with Crippen LogP contribution in [0.5, 0.6) is 11.5 Å². The van der Waals surface area contributed by atoms with Crippen LogP contribution in [0.15, 0.2) is 54.6 Å². The van der Waals surface area contributed by atoms with Crippen LogP contribution in [0.25, 0.3) is 0 Å². The number of hydrogen-bond donors (Lipinski definition) is 2. The second kappa shape index (κ2) is 12.2. The van der Waals surface area contributed by atoms with Crippen LogP contribution in [-0.4, -0.2) is 54.9 Å². The van der Waals surface area contributed by atoms with Crippen LogP contribution >= 0.6 is 0 Å². The maximum Gasteiger partial charge on any atom is 0.309 e. The molecule has 0 spiro atoms. The van der Waals surface area contributed by atoms with Gasteiger partial charge < -0.3 is 24.8 Å². The summed E-state index contributed by atoms with van der Waals surface area (Å²) in [5.74, 6) is -1.44. The van der Waals surface area contributed by atoms with Crippen molar-refractivity contribution in [1.82, 2.24) is 4.90 Å². The number of amides is 1. The highest BCUT2D eigenvalue weighted by Crippen LogP contribution is 2.48. The van der Waals surface area contributed by atoms with Crippen LogP contribution in [0.1, 0.15) is 60.9 Å². The van der Waals surface area contributed by atoms with Crippen molar-refractivity contribution in [3.05, 3.63) is 82.7 Å². The minimum Gasteiger partial charge on any atom is -0.481 e. The Balaban J connectivity index is 1.33. The van der Waals surface area contributed by atoms with E-state index in [2.05, 4.69) is 22.3 Å². The molecular weight excluding hydrogens is 549 g/mol. The maximum absolute atomic E-state index is 14.2. The molecule has 43 heavy (non-hydrogen) atoms. The zero-order valence-corrected chi connectivity index (χ0v) is 24.6. The van der Waals surface area contributed by atoms with Gasteiger partial charge in [0, 0.05) is 43.0 Å². The van der Waals surface area contributed by atoms with Crippen LogP contribution in [0, 0.1) is 11.7 Å². The molecule has 0 bridgehead atoms. The second-order valence-corrected chi connectivity index (χ2v) is 11.6. The van der Waals surface area contributed by atoms with Gasteiger partial charge in [-0.15, -0.1) is 0 Å². The van der Waals surface area contributed by atoms with E-state index < -0.39 is 17.9 Å². The summed E-state index contributed by atoms with van der Waals surface area (Å²) in [7, 11) is 0. The Morgan fingerprint density at radius 1 is 0.930 bits per heavy atom. The molecule has 3 aliphatic heterocycles. The van der Waals surface area contributed by atoms with Crippen LogP contribution in [0.4, 0.5) is 15.8 Å². The predicted octanol–water partition coefficient (Wildman–Crippen LogP) is 5.76. The Morgan fingerprint density at radius 3 is 2.23 bits per heavy atom. The average molecular weight is 588 g/mol. The molecule has 9 heteroatoms. The second-order valence-electron chi connectivity index (χ2n) is 11.6. The first-order valence-corrected chi connectivity index (χ1v) is 15.2. The SMILES string of the molecule is CCc1cc(F)cc(CC)c1NC(=O)CN1C[C@H](c2ccc3c(c2)OCO3)C(C(=O)O)[C@@H]1c1ccc(N2CCCC2)cc1. The van der Waals surface area contributed by atoms with Gasteiger partial charge in [-0.05, 0) is 84.3 Å². The number of hydrogen-bond acceptors (Lipinski definition) is 6. The lowest BCUT2D eigenvalue weighted by Crippen LogP contribution is -2.35. The quantitative estimate of drug-likeness (QED) is 0.329. The van der Waals surface area contributed by atoms with Gasteiger partial charge >= 0.3 is 5.97 Å². The van der Waals surface area contributed by atoms with Crippen molar-refractivity contribution in [2.75, 3.05) is 43.2 Å². The average Bonchev–Trinajstić information content (AvgIpc) is 3.77. The molecule has 2 saturated heterocycles. The van der Waals surface area contributed by atoms with Crippen LogP contribution in [-0.2, 0) is 22.4 Å². The first-order chi connectivity index (χ1) is 20.9. The van der Waals surface area contributed by atoms with E-state index in [0.717, 1.165) is 41.0 Å². The Kier molecular flexibility index (Phi) is 8.25. The molecule has 3 atom stereocenters. The van der Waals surface area contributed by atoms with Crippen molar-refractivity contribution in [3.8, 4) is 11.5 Å². The van der Waals surface area contributed by atoms with Gasteiger partial charge in [0.2, 0.25) is 12.7 Å². The standard InChI is InChI=1S/C34H38FN3O5/c1-3-21-15-25(35)16-22(4-2)32(21)36-30(39)19-38-18-27(24-9-12-28-29(17-24)43-20-42-28)31(34(40)41)33(38)23-7-10-26(11-8-23)37-13-5-6-14-37/h7-12,15-17,27,31,33H,3-6,13-14,18-20H2,1-2H3,(H,36,39)(H,40,41)/t27-,31?,33+/m1/s1. The number of nitrogens with one attached hydrogen (secondary N) is 1. The summed E-state index contributed by atoms with van der Waals surface area (Å²) in [6, 6.07) is 16.1. The molecule has 0 radical (unpaired) electrons. The first-order valence-electron chi connectivity index (χ1n) is 15.2. The Bertz CT molecular complexity index is 1480. The van der Waals surface area contributed by atoms with E-state index >= 15 is 0 Å². The van der Waals surface area contributed by atoms with E-state index in [0.29, 0.717) is 36.6 Å². The topological polar surface area (TPSA) is 91.3 Å². The number of anilines is 2. The van der Waals surface area contributed by atoms with E-state index in [1.807, 2.05) is 49.1 Å². The van der Waals surface area contributed by atoms with E-state index in [4.69, 9.17) is 9.47 Å². The highest BCUT2D eigenvalue weighted by molar-refractivity contribution is 5.94. The molecule has 2 N–H and O–H groups in total. The highest BCUT2D eigenvalue weighted by atomic mass is 19.1. The summed E-state index contributed by atoms with van der Waals surface area (Å²) in [5.41, 5.74) is 4.93. The molecule has 0 saturated carbocycles. The van der Waals surface area contributed by atoms with Gasteiger partial charge in [0.25, 0.3) is 0 Å². The van der Waals surface area contributed by atoms with Crippen molar-refractivity contribution < 1.29 is 28.6 Å². The van der Waals surface area contributed by atoms with Crippen molar-refractivity contribution in [2.45, 2.75) is 51.5 Å². The summed E-state index contributed by atoms with van der Waals surface area (Å²) >= 11 is 0. The van der Waals surface area contributed by atoms with Crippen LogP contribution < -0.4 is 19.7 Å². The molecule has 3 aromatic rings. The van der Waals surface area contributed by atoms with Gasteiger partial charge in [0.1, 0.15) is 5.82 Å². The number of fused-ring (bicyclic) bond motifs is 1. The van der Waals surface area contributed by atoms with Crippen molar-refractivity contribution in [1.29, 1.82) is 0 Å². The number of carbonyl (C=O) groups is 2. The molecule has 2 fully saturated rings. The number of halogens is 1. The summed E-state index contributed by atoms with van der Waals surface area (Å²) < 4.78 is 25.3. The lowest BCUT2D eigenvalue weighted by atomic mass is 9.82. The Hall–Kier alpha value is -4.11. The smallest absolute Gasteiger partial charge is 0.309 e. The summed E-state index contributed by atoms with van der Waals surface area (Å²) in [6.45, 7) is 6.39. The van der Waals surface area contributed by atoms with Crippen molar-refractivity contribution in [3.63, 3.8) is 0 Å². The molecule has 8 nitrogen and oxygen atoms in total. The third kappa shape index (κ3) is 5.78. The highest BCUT2D eigenvalue weighted by Gasteiger charge is 2.48. The predicted molar refractivity (Wildman–Crippen MR) is 162 cm³/mol. The Morgan fingerprint density at radius 2 is 1.58 bits per heavy atom. The number of aryl methyl sites for hydroxylation is 2. The lowest BCUT2D eigenvalue weighted by Gasteiger charge is -2.28. The fraction of sp³-hybridized carbons (Fsp3) is 0.412. The summed E-state index contributed by atoms with van der Waals surface area (Å²) in [4.78, 5) is 30.9. The number of carbonyl (C=O) groups excluding carboxylic acids is 1. The molecule has 1 unspecified atom stereocenters. The van der Waals surface area contributed by atoms with Gasteiger partial charge in [-0.2, -0.15) is 0 Å². The minimum absolute atomic E-state index is 0.00688. The fourth-order valence-electron chi connectivity index (χ4n) is 6.94. The maximum atomic E-state index is 14.2. The van der Waals surface area contributed by atoms with Crippen molar-refractivity contribution in [2.24, 2.45) is 5.92 Å². The molecular formula is C34H38FN3O5. The number of carboxylic acid groups (broad SMARTS) is 1. The molecule has 0 aliphatic carbocycles. The number of benzene rings is 3. The van der Waals surface area contributed by atoms with Crippen LogP contribution in [0.3, 0.4) is 0 Å². The van der Waals surface area contributed by atoms with E-state index in [1.54, 1.807) is 0 Å². The summed E-state index contributed by atoms with van der Waals surface area (Å²) in [5, 5.41) is 13.7. The third-order valence-corrected chi connectivity index (χ3v) is 9.05.